The second-order valence-corrected chi connectivity index (χ2v) is 2.10. The van der Waals surface area contributed by atoms with Gasteiger partial charge >= 0.3 is 0 Å². The highest BCUT2D eigenvalue weighted by Gasteiger charge is 2.30. The quantitative estimate of drug-likeness (QED) is 0.605. The lowest BCUT2D eigenvalue weighted by molar-refractivity contribution is -0.221. The van der Waals surface area contributed by atoms with Crippen LogP contribution in [0, 0.1) is 0 Å². The molecule has 0 radical (unpaired) electrons. The van der Waals surface area contributed by atoms with Crippen molar-refractivity contribution in [3.05, 3.63) is 0 Å². The Morgan fingerprint density at radius 1 is 1.50 bits per heavy atom. The molecule has 0 aliphatic carbocycles. The molecule has 0 spiro atoms. The smallest absolute Gasteiger partial charge is 0.129 e. The Balaban J connectivity index is 2.27. The van der Waals surface area contributed by atoms with Crippen molar-refractivity contribution in [2.75, 3.05) is 13.2 Å². The van der Waals surface area contributed by atoms with Crippen LogP contribution in [0.3, 0.4) is 0 Å². The average Bonchev–Trinajstić information content (AvgIpc) is 2.36. The van der Waals surface area contributed by atoms with E-state index in [9.17, 15) is 9.05 Å². The van der Waals surface area contributed by atoms with E-state index in [2.05, 4.69) is 9.88 Å². The van der Waals surface area contributed by atoms with Crippen molar-refractivity contribution in [1.29, 1.82) is 0 Å². The van der Waals surface area contributed by atoms with E-state index in [4.69, 9.17) is 4.74 Å². The third-order valence-corrected chi connectivity index (χ3v) is 1.49. The van der Waals surface area contributed by atoms with Crippen LogP contribution in [-0.4, -0.2) is 25.4 Å². The normalized spacial score (nSPS) is 33.0. The number of rotatable bonds is 3. The Bertz CT molecular complexity index is 101. The van der Waals surface area contributed by atoms with Gasteiger partial charge in [-0.1, -0.05) is 0 Å². The summed E-state index contributed by atoms with van der Waals surface area (Å²) in [6.45, 7) is 0.122. The Kier molecular flexibility index (Phi) is 2.98. The molecule has 10 heavy (non-hydrogen) atoms. The van der Waals surface area contributed by atoms with Crippen molar-refractivity contribution >= 4 is 0 Å². The van der Waals surface area contributed by atoms with Crippen molar-refractivity contribution in [2.45, 2.75) is 18.6 Å². The maximum absolute atomic E-state index is 11.5. The first-order valence-electron chi connectivity index (χ1n) is 3.01. The monoisotopic (exact) mass is 154 g/mol. The zero-order chi connectivity index (χ0) is 7.40. The fourth-order valence-corrected chi connectivity index (χ4v) is 0.948. The molecule has 2 unspecified atom stereocenters. The molecule has 0 amide bonds. The molecule has 2 atom stereocenters. The van der Waals surface area contributed by atoms with Gasteiger partial charge in [-0.15, -0.1) is 0 Å². The summed E-state index contributed by atoms with van der Waals surface area (Å²) in [5, 5.41) is 0. The zero-order valence-electron chi connectivity index (χ0n) is 5.26. The molecule has 1 fully saturated rings. The van der Waals surface area contributed by atoms with E-state index in [0.29, 0.717) is 13.0 Å². The number of halogens is 2. The molecule has 1 aliphatic rings. The molecular weight excluding hydrogens is 146 g/mol. The molecule has 3 nitrogen and oxygen atoms in total. The van der Waals surface area contributed by atoms with Crippen molar-refractivity contribution in [3.8, 4) is 0 Å². The van der Waals surface area contributed by atoms with E-state index in [1.165, 1.54) is 0 Å². The minimum Gasteiger partial charge on any atom is -0.373 e. The first kappa shape index (κ1) is 7.84. The first-order chi connectivity index (χ1) is 4.88. The molecule has 0 aromatic rings. The van der Waals surface area contributed by atoms with Gasteiger partial charge in [-0.2, -0.15) is 9.88 Å². The second kappa shape index (κ2) is 3.80. The van der Waals surface area contributed by atoms with Gasteiger partial charge in [-0.3, -0.25) is 0 Å². The fourth-order valence-electron chi connectivity index (χ4n) is 0.948. The van der Waals surface area contributed by atoms with Crippen molar-refractivity contribution < 1.29 is 23.7 Å². The topological polar surface area (TPSA) is 27.7 Å². The van der Waals surface area contributed by atoms with Gasteiger partial charge in [0.25, 0.3) is 0 Å². The standard InChI is InChI=1S/C5H8F2O3/c6-9-3-5-4(10-7)1-2-8-5/h4-5H,1-3H2. The SMILES string of the molecule is FOCC1OCCC1OF. The van der Waals surface area contributed by atoms with Crippen molar-refractivity contribution in [2.24, 2.45) is 0 Å². The van der Waals surface area contributed by atoms with E-state index in [-0.39, 0.29) is 6.61 Å². The van der Waals surface area contributed by atoms with Gasteiger partial charge in [-0.05, 0) is 9.05 Å². The highest BCUT2D eigenvalue weighted by atomic mass is 19.3. The fraction of sp³-hybridized carbons (Fsp3) is 1.00. The van der Waals surface area contributed by atoms with Gasteiger partial charge in [-0.25, -0.2) is 0 Å². The maximum Gasteiger partial charge on any atom is 0.129 e. The molecular formula is C5H8F2O3. The van der Waals surface area contributed by atoms with E-state index in [1.807, 2.05) is 0 Å². The van der Waals surface area contributed by atoms with Gasteiger partial charge in [0.1, 0.15) is 18.8 Å². The summed E-state index contributed by atoms with van der Waals surface area (Å²) in [5.74, 6) is 0. The van der Waals surface area contributed by atoms with E-state index < -0.39 is 12.2 Å². The molecule has 0 saturated carbocycles. The predicted octanol–water partition coefficient (Wildman–Crippen LogP) is 0.946. The van der Waals surface area contributed by atoms with Gasteiger partial charge in [0.15, 0.2) is 0 Å². The number of hydrogen-bond donors (Lipinski definition) is 0. The number of ether oxygens (including phenoxy) is 1. The highest BCUT2D eigenvalue weighted by Crippen LogP contribution is 2.17. The molecule has 5 heteroatoms. The zero-order valence-corrected chi connectivity index (χ0v) is 5.26. The molecule has 1 heterocycles. The van der Waals surface area contributed by atoms with Crippen LogP contribution in [-0.2, 0) is 14.6 Å². The van der Waals surface area contributed by atoms with Gasteiger partial charge in [0, 0.05) is 13.0 Å². The molecule has 1 rings (SSSR count). The third kappa shape index (κ3) is 1.62. The average molecular weight is 154 g/mol. The van der Waals surface area contributed by atoms with Crippen molar-refractivity contribution in [1.82, 2.24) is 0 Å². The number of hydrogen-bond acceptors (Lipinski definition) is 3. The van der Waals surface area contributed by atoms with Crippen LogP contribution in [0.25, 0.3) is 0 Å². The summed E-state index contributed by atoms with van der Waals surface area (Å²) >= 11 is 0. The molecule has 0 aromatic carbocycles. The van der Waals surface area contributed by atoms with E-state index in [0.717, 1.165) is 0 Å². The predicted molar refractivity (Wildman–Crippen MR) is 27.4 cm³/mol. The highest BCUT2D eigenvalue weighted by molar-refractivity contribution is 4.74. The molecule has 0 N–H and O–H groups in total. The summed E-state index contributed by atoms with van der Waals surface area (Å²) in [4.78, 5) is 6.79. The van der Waals surface area contributed by atoms with E-state index in [1.54, 1.807) is 0 Å². The summed E-state index contributed by atoms with van der Waals surface area (Å²) in [7, 11) is 0. The first-order valence-corrected chi connectivity index (χ1v) is 3.01. The van der Waals surface area contributed by atoms with Gasteiger partial charge in [0.2, 0.25) is 0 Å². The molecule has 60 valence electrons. The van der Waals surface area contributed by atoms with E-state index >= 15 is 0 Å². The molecule has 0 bridgehead atoms. The van der Waals surface area contributed by atoms with Gasteiger partial charge < -0.3 is 4.74 Å². The van der Waals surface area contributed by atoms with Gasteiger partial charge in [0.05, 0.1) is 0 Å². The van der Waals surface area contributed by atoms with Crippen LogP contribution in [0.5, 0.6) is 0 Å². The summed E-state index contributed by atoms with van der Waals surface area (Å²) in [6, 6.07) is 0. The van der Waals surface area contributed by atoms with Crippen LogP contribution < -0.4 is 0 Å². The third-order valence-electron chi connectivity index (χ3n) is 1.49. The molecule has 1 saturated heterocycles. The van der Waals surface area contributed by atoms with Crippen LogP contribution in [0.4, 0.5) is 9.05 Å². The van der Waals surface area contributed by atoms with Crippen LogP contribution in [0.2, 0.25) is 0 Å². The van der Waals surface area contributed by atoms with Crippen LogP contribution >= 0.6 is 0 Å². The largest absolute Gasteiger partial charge is 0.373 e. The Morgan fingerprint density at radius 2 is 2.30 bits per heavy atom. The maximum atomic E-state index is 11.5. The Hall–Kier alpha value is -0.260. The summed E-state index contributed by atoms with van der Waals surface area (Å²) in [5.41, 5.74) is 0. The van der Waals surface area contributed by atoms with Crippen molar-refractivity contribution in [3.63, 3.8) is 0 Å². The van der Waals surface area contributed by atoms with Crippen LogP contribution in [0.1, 0.15) is 6.42 Å². The lowest BCUT2D eigenvalue weighted by Gasteiger charge is -2.10. The summed E-state index contributed by atoms with van der Waals surface area (Å²) < 4.78 is 27.6. The molecule has 1 aliphatic heterocycles. The van der Waals surface area contributed by atoms with Crippen LogP contribution in [0.15, 0.2) is 0 Å². The molecule has 0 aromatic heterocycles. The Labute approximate surface area is 56.7 Å². The second-order valence-electron chi connectivity index (χ2n) is 2.10. The minimum atomic E-state index is -0.671. The lowest BCUT2D eigenvalue weighted by atomic mass is 10.2. The lowest BCUT2D eigenvalue weighted by Crippen LogP contribution is -2.26. The minimum absolute atomic E-state index is 0.269. The summed E-state index contributed by atoms with van der Waals surface area (Å²) in [6.07, 6.45) is -0.824. The Morgan fingerprint density at radius 3 is 2.90 bits per heavy atom.